The monoisotopic (exact) mass is 228 g/mol. The zero-order chi connectivity index (χ0) is 12.1. The Morgan fingerprint density at radius 3 is 2.81 bits per heavy atom. The first-order chi connectivity index (χ1) is 7.54. The van der Waals surface area contributed by atoms with Crippen molar-refractivity contribution >= 4 is 11.9 Å². The Balaban J connectivity index is 2.34. The van der Waals surface area contributed by atoms with Gasteiger partial charge in [-0.2, -0.15) is 0 Å². The Bertz CT molecular complexity index is 268. The third kappa shape index (κ3) is 3.48. The maximum atomic E-state index is 11.7. The van der Waals surface area contributed by atoms with E-state index in [-0.39, 0.29) is 12.3 Å². The molecule has 0 aromatic rings. The van der Waals surface area contributed by atoms with Gasteiger partial charge in [-0.15, -0.1) is 0 Å². The number of nitrogens with zero attached hydrogens (tertiary/aromatic N) is 1. The molecule has 0 bridgehead atoms. The van der Waals surface area contributed by atoms with Crippen molar-refractivity contribution in [2.75, 3.05) is 13.1 Å². The maximum Gasteiger partial charge on any atom is 0.303 e. The Kier molecular flexibility index (Phi) is 4.73. The predicted molar refractivity (Wildman–Crippen MR) is 59.8 cm³/mol. The van der Waals surface area contributed by atoms with Gasteiger partial charge < -0.3 is 15.7 Å². The zero-order valence-corrected chi connectivity index (χ0v) is 9.69. The molecule has 2 atom stereocenters. The van der Waals surface area contributed by atoms with Crippen molar-refractivity contribution in [3.63, 3.8) is 0 Å². The fourth-order valence-corrected chi connectivity index (χ4v) is 2.01. The van der Waals surface area contributed by atoms with Crippen LogP contribution in [-0.4, -0.2) is 41.0 Å². The average molecular weight is 228 g/mol. The van der Waals surface area contributed by atoms with E-state index in [1.165, 1.54) is 0 Å². The van der Waals surface area contributed by atoms with Gasteiger partial charge in [0.15, 0.2) is 0 Å². The first-order valence-corrected chi connectivity index (χ1v) is 5.80. The van der Waals surface area contributed by atoms with Crippen molar-refractivity contribution in [3.8, 4) is 0 Å². The summed E-state index contributed by atoms with van der Waals surface area (Å²) in [6, 6.07) is -0.404. The van der Waals surface area contributed by atoms with Gasteiger partial charge in [0, 0.05) is 19.5 Å². The van der Waals surface area contributed by atoms with Crippen molar-refractivity contribution in [2.45, 2.75) is 38.6 Å². The minimum atomic E-state index is -0.768. The average Bonchev–Trinajstić information content (AvgIpc) is 2.72. The van der Waals surface area contributed by atoms with E-state index in [2.05, 4.69) is 0 Å². The SMILES string of the molecule is CC[C@H](N)C(=O)N1CCC(CCC(=O)O)C1. The number of amides is 1. The summed E-state index contributed by atoms with van der Waals surface area (Å²) in [5.74, 6) is -0.445. The molecule has 1 aliphatic rings. The molecule has 0 aliphatic carbocycles. The van der Waals surface area contributed by atoms with Crippen molar-refractivity contribution < 1.29 is 14.7 Å². The van der Waals surface area contributed by atoms with Gasteiger partial charge in [0.1, 0.15) is 0 Å². The summed E-state index contributed by atoms with van der Waals surface area (Å²) in [7, 11) is 0. The second-order valence-electron chi connectivity index (χ2n) is 4.39. The van der Waals surface area contributed by atoms with Gasteiger partial charge in [-0.25, -0.2) is 0 Å². The molecule has 5 nitrogen and oxygen atoms in total. The van der Waals surface area contributed by atoms with Crippen LogP contribution in [0.1, 0.15) is 32.6 Å². The third-order valence-electron chi connectivity index (χ3n) is 3.12. The van der Waals surface area contributed by atoms with Gasteiger partial charge >= 0.3 is 5.97 Å². The largest absolute Gasteiger partial charge is 0.481 e. The molecule has 1 fully saturated rings. The number of nitrogens with two attached hydrogens (primary N) is 1. The Hall–Kier alpha value is -1.10. The Morgan fingerprint density at radius 1 is 1.56 bits per heavy atom. The molecule has 92 valence electrons. The minimum absolute atomic E-state index is 0.000301. The molecular weight excluding hydrogens is 208 g/mol. The van der Waals surface area contributed by atoms with E-state index in [1.54, 1.807) is 4.90 Å². The van der Waals surface area contributed by atoms with Crippen molar-refractivity contribution in [1.82, 2.24) is 4.90 Å². The normalized spacial score (nSPS) is 22.1. The van der Waals surface area contributed by atoms with Crippen LogP contribution in [-0.2, 0) is 9.59 Å². The molecule has 0 aromatic carbocycles. The zero-order valence-electron chi connectivity index (χ0n) is 9.69. The number of carbonyl (C=O) groups is 2. The van der Waals surface area contributed by atoms with Gasteiger partial charge in [-0.3, -0.25) is 9.59 Å². The van der Waals surface area contributed by atoms with Crippen LogP contribution in [0.25, 0.3) is 0 Å². The third-order valence-corrected chi connectivity index (χ3v) is 3.12. The highest BCUT2D eigenvalue weighted by Crippen LogP contribution is 2.21. The standard InChI is InChI=1S/C11H20N2O3/c1-2-9(12)11(16)13-6-5-8(7-13)3-4-10(14)15/h8-9H,2-7,12H2,1H3,(H,14,15)/t8?,9-/m0/s1. The molecule has 0 radical (unpaired) electrons. The van der Waals surface area contributed by atoms with E-state index in [4.69, 9.17) is 10.8 Å². The highest BCUT2D eigenvalue weighted by molar-refractivity contribution is 5.81. The van der Waals surface area contributed by atoms with E-state index < -0.39 is 12.0 Å². The lowest BCUT2D eigenvalue weighted by Crippen LogP contribution is -2.42. The molecule has 1 saturated heterocycles. The number of carbonyl (C=O) groups excluding carboxylic acids is 1. The van der Waals surface area contributed by atoms with Crippen LogP contribution in [0, 0.1) is 5.92 Å². The number of hydrogen-bond donors (Lipinski definition) is 2. The van der Waals surface area contributed by atoms with E-state index in [1.807, 2.05) is 6.92 Å². The smallest absolute Gasteiger partial charge is 0.303 e. The number of carboxylic acids is 1. The van der Waals surface area contributed by atoms with Crippen LogP contribution in [0.5, 0.6) is 0 Å². The van der Waals surface area contributed by atoms with Gasteiger partial charge in [0.2, 0.25) is 5.91 Å². The molecule has 5 heteroatoms. The fraction of sp³-hybridized carbons (Fsp3) is 0.818. The number of aliphatic carboxylic acids is 1. The van der Waals surface area contributed by atoms with Crippen LogP contribution in [0.4, 0.5) is 0 Å². The lowest BCUT2D eigenvalue weighted by molar-refractivity contribution is -0.137. The summed E-state index contributed by atoms with van der Waals surface area (Å²) < 4.78 is 0. The van der Waals surface area contributed by atoms with Gasteiger partial charge in [-0.05, 0) is 25.2 Å². The first-order valence-electron chi connectivity index (χ1n) is 5.80. The number of likely N-dealkylation sites (tertiary alicyclic amines) is 1. The lowest BCUT2D eigenvalue weighted by atomic mass is 10.0. The molecule has 1 amide bonds. The predicted octanol–water partition coefficient (Wildman–Crippen LogP) is 0.437. The lowest BCUT2D eigenvalue weighted by Gasteiger charge is -2.19. The van der Waals surface area contributed by atoms with Gasteiger partial charge in [0.25, 0.3) is 0 Å². The van der Waals surface area contributed by atoms with Crippen LogP contribution in [0.3, 0.4) is 0 Å². The molecule has 1 heterocycles. The van der Waals surface area contributed by atoms with Gasteiger partial charge in [0.05, 0.1) is 6.04 Å². The molecule has 1 rings (SSSR count). The molecule has 3 N–H and O–H groups in total. The van der Waals surface area contributed by atoms with E-state index in [0.29, 0.717) is 25.3 Å². The fourth-order valence-electron chi connectivity index (χ4n) is 2.01. The summed E-state index contributed by atoms with van der Waals surface area (Å²) >= 11 is 0. The molecular formula is C11H20N2O3. The van der Waals surface area contributed by atoms with E-state index >= 15 is 0 Å². The number of rotatable bonds is 5. The van der Waals surface area contributed by atoms with Crippen LogP contribution < -0.4 is 5.73 Å². The summed E-state index contributed by atoms with van der Waals surface area (Å²) in [4.78, 5) is 23.9. The Labute approximate surface area is 95.6 Å². The second kappa shape index (κ2) is 5.84. The van der Waals surface area contributed by atoms with Crippen LogP contribution in [0.2, 0.25) is 0 Å². The van der Waals surface area contributed by atoms with Crippen LogP contribution in [0.15, 0.2) is 0 Å². The molecule has 0 saturated carbocycles. The summed E-state index contributed by atoms with van der Waals surface area (Å²) in [5, 5.41) is 8.57. The highest BCUT2D eigenvalue weighted by atomic mass is 16.4. The van der Waals surface area contributed by atoms with E-state index in [9.17, 15) is 9.59 Å². The molecule has 16 heavy (non-hydrogen) atoms. The first kappa shape index (κ1) is 13.0. The molecule has 1 aliphatic heterocycles. The van der Waals surface area contributed by atoms with Crippen molar-refractivity contribution in [1.29, 1.82) is 0 Å². The van der Waals surface area contributed by atoms with Crippen molar-refractivity contribution in [3.05, 3.63) is 0 Å². The Morgan fingerprint density at radius 2 is 2.25 bits per heavy atom. The number of hydrogen-bond acceptors (Lipinski definition) is 3. The molecule has 1 unspecified atom stereocenters. The van der Waals surface area contributed by atoms with E-state index in [0.717, 1.165) is 13.0 Å². The molecule has 0 spiro atoms. The van der Waals surface area contributed by atoms with Crippen LogP contribution >= 0.6 is 0 Å². The van der Waals surface area contributed by atoms with Gasteiger partial charge in [-0.1, -0.05) is 6.92 Å². The highest BCUT2D eigenvalue weighted by Gasteiger charge is 2.28. The quantitative estimate of drug-likeness (QED) is 0.715. The summed E-state index contributed by atoms with van der Waals surface area (Å²) in [6.45, 7) is 3.27. The summed E-state index contributed by atoms with van der Waals surface area (Å²) in [6.07, 6.45) is 2.39. The minimum Gasteiger partial charge on any atom is -0.481 e. The molecule has 0 aromatic heterocycles. The maximum absolute atomic E-state index is 11.7. The number of carboxylic acid groups (broad SMARTS) is 1. The summed E-state index contributed by atoms with van der Waals surface area (Å²) in [5.41, 5.74) is 5.68. The topological polar surface area (TPSA) is 83.6 Å². The second-order valence-corrected chi connectivity index (χ2v) is 4.39. The van der Waals surface area contributed by atoms with Crippen molar-refractivity contribution in [2.24, 2.45) is 11.7 Å².